The van der Waals surface area contributed by atoms with Gasteiger partial charge < -0.3 is 15.5 Å². The van der Waals surface area contributed by atoms with E-state index in [4.69, 9.17) is 10.2 Å². The Hall–Kier alpha value is -3.15. The van der Waals surface area contributed by atoms with Crippen molar-refractivity contribution in [3.05, 3.63) is 71.8 Å². The lowest BCUT2D eigenvalue weighted by molar-refractivity contribution is -0.137. The van der Waals surface area contributed by atoms with Crippen LogP contribution in [0.15, 0.2) is 60.7 Å². The van der Waals surface area contributed by atoms with Crippen molar-refractivity contribution in [1.29, 1.82) is 0 Å². The molecule has 0 aliphatic heterocycles. The molecule has 0 spiro atoms. The van der Waals surface area contributed by atoms with E-state index < -0.39 is 11.9 Å². The Kier molecular flexibility index (Phi) is 9.84. The molecule has 2 aromatic rings. The standard InChI is InChI=1S/C11H14O2.C9H9NO3/c12-11(13)9-5-4-8-10-6-2-1-3-7-10;11-8(12)6-10-9(13)7-4-2-1-3-5-7/h1-3,6-7H,4-5,8-9H2,(H,12,13);1-5H,6H2,(H,10,13)(H,11,12). The molecule has 0 bridgehead atoms. The highest BCUT2D eigenvalue weighted by Gasteiger charge is 2.04. The first kappa shape index (κ1) is 20.9. The largest absolute Gasteiger partial charge is 0.481 e. The van der Waals surface area contributed by atoms with Gasteiger partial charge in [-0.15, -0.1) is 0 Å². The molecular weight excluding hydrogens is 334 g/mol. The Balaban J connectivity index is 0.000000260. The van der Waals surface area contributed by atoms with E-state index in [1.807, 2.05) is 18.2 Å². The second kappa shape index (κ2) is 12.2. The van der Waals surface area contributed by atoms with Gasteiger partial charge in [0.2, 0.25) is 0 Å². The SMILES string of the molecule is O=C(O)CCCCc1ccccc1.O=C(O)CNC(=O)c1ccccc1. The summed E-state index contributed by atoms with van der Waals surface area (Å²) in [6.45, 7) is -0.353. The highest BCUT2D eigenvalue weighted by atomic mass is 16.4. The average Bonchev–Trinajstić information content (AvgIpc) is 2.65. The number of amides is 1. The Bertz CT molecular complexity index is 686. The van der Waals surface area contributed by atoms with Gasteiger partial charge in [-0.3, -0.25) is 14.4 Å². The van der Waals surface area contributed by atoms with Crippen LogP contribution in [0.25, 0.3) is 0 Å². The number of carbonyl (C=O) groups is 3. The van der Waals surface area contributed by atoms with E-state index >= 15 is 0 Å². The number of rotatable bonds is 8. The van der Waals surface area contributed by atoms with Crippen LogP contribution in [0.4, 0.5) is 0 Å². The molecule has 0 saturated carbocycles. The molecule has 1 amide bonds. The molecule has 2 rings (SSSR count). The van der Waals surface area contributed by atoms with Crippen LogP contribution in [0.1, 0.15) is 35.2 Å². The van der Waals surface area contributed by atoms with Gasteiger partial charge in [0, 0.05) is 12.0 Å². The number of carboxylic acids is 2. The van der Waals surface area contributed by atoms with Crippen molar-refractivity contribution >= 4 is 17.8 Å². The Morgan fingerprint density at radius 2 is 1.35 bits per heavy atom. The van der Waals surface area contributed by atoms with Crippen molar-refractivity contribution in [3.8, 4) is 0 Å². The monoisotopic (exact) mass is 357 g/mol. The fourth-order valence-corrected chi connectivity index (χ4v) is 2.10. The van der Waals surface area contributed by atoms with Crippen molar-refractivity contribution in [1.82, 2.24) is 5.32 Å². The van der Waals surface area contributed by atoms with Gasteiger partial charge in [-0.1, -0.05) is 48.5 Å². The molecule has 26 heavy (non-hydrogen) atoms. The summed E-state index contributed by atoms with van der Waals surface area (Å²) in [7, 11) is 0. The predicted octanol–water partition coefficient (Wildman–Crippen LogP) is 2.99. The molecule has 0 aromatic heterocycles. The lowest BCUT2D eigenvalue weighted by Gasteiger charge is -2.00. The summed E-state index contributed by atoms with van der Waals surface area (Å²) in [6.07, 6.45) is 2.99. The molecule has 2 aromatic carbocycles. The first-order chi connectivity index (χ1) is 12.5. The minimum Gasteiger partial charge on any atom is -0.481 e. The number of hydrogen-bond donors (Lipinski definition) is 3. The van der Waals surface area contributed by atoms with Crippen LogP contribution < -0.4 is 5.32 Å². The summed E-state index contributed by atoms with van der Waals surface area (Å²) in [5.41, 5.74) is 1.75. The summed E-state index contributed by atoms with van der Waals surface area (Å²) in [6, 6.07) is 18.6. The molecule has 3 N–H and O–H groups in total. The molecular formula is C20H23NO5. The molecule has 138 valence electrons. The Morgan fingerprint density at radius 1 is 0.769 bits per heavy atom. The molecule has 0 atom stereocenters. The second-order valence-corrected chi connectivity index (χ2v) is 5.53. The fraction of sp³-hybridized carbons (Fsp3) is 0.250. The average molecular weight is 357 g/mol. The van der Waals surface area contributed by atoms with Gasteiger partial charge in [0.1, 0.15) is 6.54 Å². The first-order valence-corrected chi connectivity index (χ1v) is 8.30. The van der Waals surface area contributed by atoms with E-state index in [-0.39, 0.29) is 18.9 Å². The van der Waals surface area contributed by atoms with Gasteiger partial charge in [0.05, 0.1) is 0 Å². The van der Waals surface area contributed by atoms with E-state index in [9.17, 15) is 14.4 Å². The molecule has 6 nitrogen and oxygen atoms in total. The summed E-state index contributed by atoms with van der Waals surface area (Å²) < 4.78 is 0. The molecule has 0 heterocycles. The van der Waals surface area contributed by atoms with Gasteiger partial charge in [-0.2, -0.15) is 0 Å². The number of aryl methyl sites for hydroxylation is 1. The van der Waals surface area contributed by atoms with E-state index in [1.165, 1.54) is 5.56 Å². The number of carbonyl (C=O) groups excluding carboxylic acids is 1. The minimum absolute atomic E-state index is 0.285. The van der Waals surface area contributed by atoms with Crippen molar-refractivity contribution in [2.24, 2.45) is 0 Å². The summed E-state index contributed by atoms with van der Waals surface area (Å²) in [5.74, 6) is -2.12. The first-order valence-electron chi connectivity index (χ1n) is 8.30. The third kappa shape index (κ3) is 9.87. The maximum Gasteiger partial charge on any atom is 0.322 e. The number of aliphatic carboxylic acids is 2. The van der Waals surface area contributed by atoms with Crippen LogP contribution >= 0.6 is 0 Å². The zero-order chi connectivity index (χ0) is 19.2. The van der Waals surface area contributed by atoms with Crippen LogP contribution in [-0.4, -0.2) is 34.6 Å². The third-order valence-corrected chi connectivity index (χ3v) is 3.39. The van der Waals surface area contributed by atoms with Crippen molar-refractivity contribution in [3.63, 3.8) is 0 Å². The lowest BCUT2D eigenvalue weighted by Crippen LogP contribution is -2.29. The van der Waals surface area contributed by atoms with E-state index in [0.717, 1.165) is 19.3 Å². The normalized spacial score (nSPS) is 9.54. The van der Waals surface area contributed by atoms with Crippen LogP contribution in [0.5, 0.6) is 0 Å². The van der Waals surface area contributed by atoms with Crippen LogP contribution in [0, 0.1) is 0 Å². The predicted molar refractivity (Wildman–Crippen MR) is 98.0 cm³/mol. The fourth-order valence-electron chi connectivity index (χ4n) is 2.10. The number of nitrogens with one attached hydrogen (secondary N) is 1. The number of hydrogen-bond acceptors (Lipinski definition) is 3. The zero-order valence-corrected chi connectivity index (χ0v) is 14.4. The van der Waals surface area contributed by atoms with Gasteiger partial charge in [0.15, 0.2) is 0 Å². The molecule has 0 fully saturated rings. The number of unbranched alkanes of at least 4 members (excludes halogenated alkanes) is 1. The number of benzene rings is 2. The quantitative estimate of drug-likeness (QED) is 0.630. The van der Waals surface area contributed by atoms with Crippen LogP contribution in [0.2, 0.25) is 0 Å². The molecule has 0 aliphatic carbocycles. The van der Waals surface area contributed by atoms with Crippen molar-refractivity contribution < 1.29 is 24.6 Å². The second-order valence-electron chi connectivity index (χ2n) is 5.53. The van der Waals surface area contributed by atoms with E-state index in [1.54, 1.807) is 30.3 Å². The summed E-state index contributed by atoms with van der Waals surface area (Å²) in [5, 5.41) is 19.0. The maximum absolute atomic E-state index is 11.2. The Morgan fingerprint density at radius 3 is 1.88 bits per heavy atom. The lowest BCUT2D eigenvalue weighted by atomic mass is 10.1. The van der Waals surface area contributed by atoms with Gasteiger partial charge in [-0.25, -0.2) is 0 Å². The highest BCUT2D eigenvalue weighted by molar-refractivity contribution is 5.95. The molecule has 0 aliphatic rings. The summed E-state index contributed by atoms with van der Waals surface area (Å²) in [4.78, 5) is 31.5. The van der Waals surface area contributed by atoms with Crippen LogP contribution in [-0.2, 0) is 16.0 Å². The summed E-state index contributed by atoms with van der Waals surface area (Å²) >= 11 is 0. The van der Waals surface area contributed by atoms with Gasteiger partial charge >= 0.3 is 11.9 Å². The van der Waals surface area contributed by atoms with E-state index in [2.05, 4.69) is 17.4 Å². The zero-order valence-electron chi connectivity index (χ0n) is 14.4. The van der Waals surface area contributed by atoms with Crippen molar-refractivity contribution in [2.45, 2.75) is 25.7 Å². The van der Waals surface area contributed by atoms with Gasteiger partial charge in [0.25, 0.3) is 5.91 Å². The smallest absolute Gasteiger partial charge is 0.322 e. The minimum atomic E-state index is -1.05. The van der Waals surface area contributed by atoms with Gasteiger partial charge in [-0.05, 0) is 37.0 Å². The van der Waals surface area contributed by atoms with E-state index in [0.29, 0.717) is 5.56 Å². The van der Waals surface area contributed by atoms with Crippen molar-refractivity contribution in [2.75, 3.05) is 6.54 Å². The molecule has 0 saturated heterocycles. The topological polar surface area (TPSA) is 104 Å². The molecule has 0 radical (unpaired) electrons. The van der Waals surface area contributed by atoms with Crippen LogP contribution in [0.3, 0.4) is 0 Å². The molecule has 0 unspecified atom stereocenters. The number of carboxylic acid groups (broad SMARTS) is 2. The third-order valence-electron chi connectivity index (χ3n) is 3.39. The Labute approximate surface area is 152 Å². The maximum atomic E-state index is 11.2. The highest BCUT2D eigenvalue weighted by Crippen LogP contribution is 2.05. The molecule has 6 heteroatoms.